The minimum Gasteiger partial charge on any atom is -0.294 e. The molecule has 0 bridgehead atoms. The van der Waals surface area contributed by atoms with E-state index >= 15 is 0 Å². The molecular weight excluding hydrogens is 232 g/mol. The van der Waals surface area contributed by atoms with E-state index in [1.807, 2.05) is 30.3 Å². The van der Waals surface area contributed by atoms with Crippen molar-refractivity contribution >= 4 is 5.78 Å². The first kappa shape index (κ1) is 12.7. The monoisotopic (exact) mass is 254 g/mol. The highest BCUT2D eigenvalue weighted by Gasteiger charge is 2.41. The lowest BCUT2D eigenvalue weighted by molar-refractivity contribution is 0.0925. The topological polar surface area (TPSA) is 17.1 Å². The minimum absolute atomic E-state index is 0.325. The van der Waals surface area contributed by atoms with E-state index in [-0.39, 0.29) is 0 Å². The molecule has 2 atom stereocenters. The van der Waals surface area contributed by atoms with Crippen LogP contribution in [0, 0.1) is 11.3 Å². The first-order chi connectivity index (χ1) is 9.30. The van der Waals surface area contributed by atoms with E-state index in [0.29, 0.717) is 17.1 Å². The molecule has 1 fully saturated rings. The first-order valence-corrected chi connectivity index (χ1v) is 7.56. The normalized spacial score (nSPS) is 29.8. The van der Waals surface area contributed by atoms with Crippen LogP contribution in [-0.2, 0) is 0 Å². The Morgan fingerprint density at radius 1 is 1.16 bits per heavy atom. The molecule has 0 saturated heterocycles. The van der Waals surface area contributed by atoms with E-state index in [4.69, 9.17) is 0 Å². The molecule has 1 aromatic carbocycles. The Kier molecular flexibility index (Phi) is 3.54. The van der Waals surface area contributed by atoms with Gasteiger partial charge in [0.2, 0.25) is 0 Å². The van der Waals surface area contributed by atoms with Crippen LogP contribution in [0.4, 0.5) is 0 Å². The summed E-state index contributed by atoms with van der Waals surface area (Å²) in [5.41, 5.74) is 1.23. The lowest BCUT2D eigenvalue weighted by atomic mass is 9.69. The van der Waals surface area contributed by atoms with E-state index in [1.165, 1.54) is 38.5 Å². The van der Waals surface area contributed by atoms with E-state index in [9.17, 15) is 4.79 Å². The average Bonchev–Trinajstić information content (AvgIpc) is 2.83. The van der Waals surface area contributed by atoms with Crippen LogP contribution in [0.2, 0.25) is 0 Å². The summed E-state index contributed by atoms with van der Waals surface area (Å²) in [6.45, 7) is 0. The molecule has 0 aliphatic heterocycles. The fourth-order valence-electron chi connectivity index (χ4n) is 3.94. The molecule has 1 spiro atoms. The Labute approximate surface area is 115 Å². The number of rotatable bonds is 3. The van der Waals surface area contributed by atoms with Gasteiger partial charge >= 0.3 is 0 Å². The van der Waals surface area contributed by atoms with Crippen LogP contribution in [0.5, 0.6) is 0 Å². The molecule has 1 heteroatoms. The van der Waals surface area contributed by atoms with Gasteiger partial charge in [0.1, 0.15) is 0 Å². The molecule has 2 aliphatic carbocycles. The average molecular weight is 254 g/mol. The Morgan fingerprint density at radius 2 is 1.95 bits per heavy atom. The molecule has 0 aromatic heterocycles. The van der Waals surface area contributed by atoms with Crippen LogP contribution in [0.25, 0.3) is 0 Å². The van der Waals surface area contributed by atoms with Gasteiger partial charge in [-0.3, -0.25) is 4.79 Å². The summed E-state index contributed by atoms with van der Waals surface area (Å²) < 4.78 is 0. The number of Topliss-reactive ketones (excluding diaryl/α,β-unsaturated/α-hetero) is 1. The van der Waals surface area contributed by atoms with E-state index in [2.05, 4.69) is 12.2 Å². The van der Waals surface area contributed by atoms with Gasteiger partial charge in [0.15, 0.2) is 5.78 Å². The lowest BCUT2D eigenvalue weighted by Crippen LogP contribution is -2.27. The van der Waals surface area contributed by atoms with Crippen molar-refractivity contribution in [3.63, 3.8) is 0 Å². The third-order valence-electron chi connectivity index (χ3n) is 5.00. The van der Waals surface area contributed by atoms with Crippen molar-refractivity contribution in [1.82, 2.24) is 0 Å². The molecule has 2 aliphatic rings. The quantitative estimate of drug-likeness (QED) is 0.560. The van der Waals surface area contributed by atoms with Gasteiger partial charge in [0.25, 0.3) is 0 Å². The number of ketones is 1. The van der Waals surface area contributed by atoms with Gasteiger partial charge in [-0.05, 0) is 43.4 Å². The Balaban J connectivity index is 1.74. The van der Waals surface area contributed by atoms with Crippen molar-refractivity contribution < 1.29 is 4.79 Å². The number of carbonyl (C=O) groups is 1. The van der Waals surface area contributed by atoms with E-state index in [0.717, 1.165) is 12.0 Å². The summed E-state index contributed by atoms with van der Waals surface area (Å²) in [6, 6.07) is 9.77. The van der Waals surface area contributed by atoms with Crippen LogP contribution in [0.3, 0.4) is 0 Å². The summed E-state index contributed by atoms with van der Waals surface area (Å²) >= 11 is 0. The van der Waals surface area contributed by atoms with Gasteiger partial charge in [0.05, 0.1) is 0 Å². The summed E-state index contributed by atoms with van der Waals surface area (Å²) in [7, 11) is 0. The molecule has 0 N–H and O–H groups in total. The zero-order valence-corrected chi connectivity index (χ0v) is 11.5. The van der Waals surface area contributed by atoms with E-state index < -0.39 is 0 Å². The number of hydrogen-bond donors (Lipinski definition) is 0. The summed E-state index contributed by atoms with van der Waals surface area (Å²) in [5.74, 6) is 0.891. The molecule has 100 valence electrons. The van der Waals surface area contributed by atoms with Crippen molar-refractivity contribution in [2.24, 2.45) is 11.3 Å². The van der Waals surface area contributed by atoms with Crippen LogP contribution in [0.1, 0.15) is 55.3 Å². The SMILES string of the molecule is O=C(C[C@@H]1CCC[C@@]12C=CCCC2)c1ccccc1. The van der Waals surface area contributed by atoms with Crippen molar-refractivity contribution in [2.45, 2.75) is 44.9 Å². The summed E-state index contributed by atoms with van der Waals surface area (Å²) in [5, 5.41) is 0. The fourth-order valence-corrected chi connectivity index (χ4v) is 3.94. The largest absolute Gasteiger partial charge is 0.294 e. The van der Waals surface area contributed by atoms with Gasteiger partial charge in [-0.25, -0.2) is 0 Å². The second-order valence-corrected chi connectivity index (χ2v) is 6.11. The Bertz CT molecular complexity index is 474. The number of allylic oxidation sites excluding steroid dienone is 2. The number of benzene rings is 1. The van der Waals surface area contributed by atoms with Crippen molar-refractivity contribution in [1.29, 1.82) is 0 Å². The first-order valence-electron chi connectivity index (χ1n) is 7.56. The molecular formula is C18H22O. The zero-order chi connectivity index (χ0) is 13.1. The number of hydrogen-bond acceptors (Lipinski definition) is 1. The smallest absolute Gasteiger partial charge is 0.163 e. The van der Waals surface area contributed by atoms with Crippen LogP contribution in [-0.4, -0.2) is 5.78 Å². The molecule has 0 amide bonds. The third-order valence-corrected chi connectivity index (χ3v) is 5.00. The minimum atomic E-state index is 0.325. The van der Waals surface area contributed by atoms with Gasteiger partial charge < -0.3 is 0 Å². The Morgan fingerprint density at radius 3 is 2.68 bits per heavy atom. The van der Waals surface area contributed by atoms with E-state index in [1.54, 1.807) is 0 Å². The predicted octanol–water partition coefficient (Wildman–Crippen LogP) is 4.79. The zero-order valence-electron chi connectivity index (χ0n) is 11.5. The summed E-state index contributed by atoms with van der Waals surface area (Å²) in [6.07, 6.45) is 13.1. The maximum Gasteiger partial charge on any atom is 0.163 e. The van der Waals surface area contributed by atoms with Crippen LogP contribution < -0.4 is 0 Å². The van der Waals surface area contributed by atoms with Gasteiger partial charge in [-0.2, -0.15) is 0 Å². The molecule has 0 heterocycles. The second-order valence-electron chi connectivity index (χ2n) is 6.11. The Hall–Kier alpha value is -1.37. The second kappa shape index (κ2) is 5.32. The highest BCUT2D eigenvalue weighted by Crippen LogP contribution is 2.51. The number of carbonyl (C=O) groups excluding carboxylic acids is 1. The van der Waals surface area contributed by atoms with Gasteiger partial charge in [-0.15, -0.1) is 0 Å². The molecule has 0 radical (unpaired) electrons. The van der Waals surface area contributed by atoms with Crippen molar-refractivity contribution in [2.75, 3.05) is 0 Å². The molecule has 0 unspecified atom stereocenters. The predicted molar refractivity (Wildman–Crippen MR) is 78.2 cm³/mol. The standard InChI is InChI=1S/C18H22O/c19-17(15-8-3-1-4-9-15)14-16-10-7-13-18(16)11-5-2-6-12-18/h1,3-5,8-9,11,16H,2,6-7,10,12-14H2/t16-,18-/m0/s1. The van der Waals surface area contributed by atoms with Crippen molar-refractivity contribution in [3.8, 4) is 0 Å². The maximum atomic E-state index is 12.4. The highest BCUT2D eigenvalue weighted by molar-refractivity contribution is 5.96. The molecule has 19 heavy (non-hydrogen) atoms. The molecule has 3 rings (SSSR count). The lowest BCUT2D eigenvalue weighted by Gasteiger charge is -2.35. The highest BCUT2D eigenvalue weighted by atomic mass is 16.1. The maximum absolute atomic E-state index is 12.4. The third kappa shape index (κ3) is 2.51. The fraction of sp³-hybridized carbons (Fsp3) is 0.500. The van der Waals surface area contributed by atoms with Crippen LogP contribution >= 0.6 is 0 Å². The molecule has 1 saturated carbocycles. The molecule has 1 aromatic rings. The van der Waals surface area contributed by atoms with Gasteiger partial charge in [0, 0.05) is 12.0 Å². The van der Waals surface area contributed by atoms with Crippen LogP contribution in [0.15, 0.2) is 42.5 Å². The van der Waals surface area contributed by atoms with Crippen molar-refractivity contribution in [3.05, 3.63) is 48.0 Å². The van der Waals surface area contributed by atoms with Gasteiger partial charge in [-0.1, -0.05) is 48.9 Å². The summed E-state index contributed by atoms with van der Waals surface area (Å²) in [4.78, 5) is 12.4. The molecule has 1 nitrogen and oxygen atoms in total.